The van der Waals surface area contributed by atoms with Gasteiger partial charge in [0, 0.05) is 0 Å². The van der Waals surface area contributed by atoms with Crippen molar-refractivity contribution in [3.05, 3.63) is 11.8 Å². The Bertz CT molecular complexity index is 126. The predicted molar refractivity (Wildman–Crippen MR) is 58.6 cm³/mol. The summed E-state index contributed by atoms with van der Waals surface area (Å²) in [7, 11) is 3.49. The Morgan fingerprint density at radius 1 is 1.08 bits per heavy atom. The Kier molecular flexibility index (Phi) is 6.33. The lowest BCUT2D eigenvalue weighted by molar-refractivity contribution is 0.451. The van der Waals surface area contributed by atoms with Crippen molar-refractivity contribution in [1.29, 1.82) is 0 Å². The molecule has 0 rings (SSSR count). The van der Waals surface area contributed by atoms with E-state index in [0.29, 0.717) is 0 Å². The average molecular weight is 186 g/mol. The van der Waals surface area contributed by atoms with Crippen LogP contribution in [-0.4, -0.2) is 45.4 Å². The highest BCUT2D eigenvalue weighted by Gasteiger charge is 2.15. The van der Waals surface area contributed by atoms with Crippen LogP contribution < -0.4 is 0 Å². The molecule has 0 N–H and O–H groups in total. The maximum Gasteiger partial charge on any atom is 0.214 e. The third-order valence-electron chi connectivity index (χ3n) is 2.27. The third kappa shape index (κ3) is 3.52. The Hall–Kier alpha value is -0.123. The quantitative estimate of drug-likeness (QED) is 0.596. The molecule has 0 aliphatic rings. The summed E-state index contributed by atoms with van der Waals surface area (Å²) in [5.74, 6) is 0. The lowest BCUT2D eigenvalue weighted by Crippen LogP contribution is -2.48. The van der Waals surface area contributed by atoms with Gasteiger partial charge in [-0.15, -0.1) is 0 Å². The summed E-state index contributed by atoms with van der Waals surface area (Å²) in [4.78, 5) is 0. The van der Waals surface area contributed by atoms with Crippen molar-refractivity contribution in [3.63, 3.8) is 0 Å². The molecule has 0 aromatic heterocycles. The van der Waals surface area contributed by atoms with Crippen LogP contribution in [0, 0.1) is 0 Å². The van der Waals surface area contributed by atoms with Crippen molar-refractivity contribution < 1.29 is 0 Å². The monoisotopic (exact) mass is 186 g/mol. The van der Waals surface area contributed by atoms with Crippen molar-refractivity contribution in [2.45, 2.75) is 20.8 Å². The highest BCUT2D eigenvalue weighted by atomic mass is 28.3. The van der Waals surface area contributed by atoms with E-state index in [1.807, 2.05) is 0 Å². The first-order chi connectivity index (χ1) is 5.67. The topological polar surface area (TPSA) is 6.48 Å². The molecule has 0 aliphatic carbocycles. The molecule has 0 bridgehead atoms. The molecule has 12 heavy (non-hydrogen) atoms. The zero-order chi connectivity index (χ0) is 9.56. The molecular formula is C9H22N2Si. The van der Waals surface area contributed by atoms with Crippen molar-refractivity contribution in [2.75, 3.05) is 27.2 Å². The highest BCUT2D eigenvalue weighted by molar-refractivity contribution is 6.58. The van der Waals surface area contributed by atoms with Crippen LogP contribution in [0.5, 0.6) is 0 Å². The van der Waals surface area contributed by atoms with Gasteiger partial charge in [-0.1, -0.05) is 25.6 Å². The second kappa shape index (κ2) is 6.40. The smallest absolute Gasteiger partial charge is 0.214 e. The van der Waals surface area contributed by atoms with Crippen molar-refractivity contribution in [2.24, 2.45) is 0 Å². The molecule has 0 saturated carbocycles. The Labute approximate surface area is 78.6 Å². The molecule has 0 aromatic rings. The van der Waals surface area contributed by atoms with E-state index in [1.54, 1.807) is 0 Å². The van der Waals surface area contributed by atoms with E-state index in [4.69, 9.17) is 0 Å². The van der Waals surface area contributed by atoms with E-state index in [1.165, 1.54) is 0 Å². The van der Waals surface area contributed by atoms with Crippen LogP contribution in [0.3, 0.4) is 0 Å². The van der Waals surface area contributed by atoms with Gasteiger partial charge in [0.05, 0.1) is 0 Å². The van der Waals surface area contributed by atoms with Crippen LogP contribution in [-0.2, 0) is 0 Å². The van der Waals surface area contributed by atoms with Gasteiger partial charge in [-0.25, -0.2) is 0 Å². The molecule has 3 heteroatoms. The number of allylic oxidation sites excluding steroid dienone is 1. The molecule has 72 valence electrons. The molecular weight excluding hydrogens is 164 g/mol. The van der Waals surface area contributed by atoms with Gasteiger partial charge in [0.15, 0.2) is 0 Å². The number of nitrogens with zero attached hydrogens (tertiary/aromatic N) is 2. The molecule has 0 radical (unpaired) electrons. The van der Waals surface area contributed by atoms with Crippen LogP contribution in [0.1, 0.15) is 20.8 Å². The molecule has 0 spiro atoms. The van der Waals surface area contributed by atoms with Crippen LogP contribution in [0.4, 0.5) is 0 Å². The minimum absolute atomic E-state index is 0.936. The predicted octanol–water partition coefficient (Wildman–Crippen LogP) is 1.23. The zero-order valence-electron chi connectivity index (χ0n) is 9.04. The van der Waals surface area contributed by atoms with Crippen molar-refractivity contribution >= 4 is 9.12 Å². The molecule has 2 nitrogen and oxygen atoms in total. The second-order valence-corrected chi connectivity index (χ2v) is 6.06. The average Bonchev–Trinajstić information content (AvgIpc) is 2.11. The Balaban J connectivity index is 4.20. The largest absolute Gasteiger partial charge is 0.314 e. The van der Waals surface area contributed by atoms with E-state index < -0.39 is 9.12 Å². The molecule has 0 unspecified atom stereocenters. The van der Waals surface area contributed by atoms with Crippen molar-refractivity contribution in [1.82, 2.24) is 9.13 Å². The highest BCUT2D eigenvalue weighted by Crippen LogP contribution is 1.98. The van der Waals surface area contributed by atoms with Crippen LogP contribution in [0.25, 0.3) is 0 Å². The number of rotatable bonds is 5. The summed E-state index contributed by atoms with van der Waals surface area (Å²) < 4.78 is 4.92. The van der Waals surface area contributed by atoms with Crippen LogP contribution in [0.2, 0.25) is 0 Å². The molecule has 0 saturated heterocycles. The summed E-state index contributed by atoms with van der Waals surface area (Å²) in [6, 6.07) is 0. The van der Waals surface area contributed by atoms with Gasteiger partial charge in [-0.05, 0) is 34.1 Å². The first-order valence-corrected chi connectivity index (χ1v) is 6.40. The maximum absolute atomic E-state index is 2.46. The van der Waals surface area contributed by atoms with Gasteiger partial charge < -0.3 is 9.13 Å². The van der Waals surface area contributed by atoms with Crippen LogP contribution >= 0.6 is 0 Å². The Morgan fingerprint density at radius 2 is 1.50 bits per heavy atom. The minimum Gasteiger partial charge on any atom is -0.314 e. The molecule has 0 atom stereocenters. The first-order valence-electron chi connectivity index (χ1n) is 4.70. The van der Waals surface area contributed by atoms with E-state index in [0.717, 1.165) is 13.1 Å². The number of hydrogen-bond donors (Lipinski definition) is 0. The fourth-order valence-electron chi connectivity index (χ4n) is 1.18. The van der Waals surface area contributed by atoms with E-state index in [9.17, 15) is 0 Å². The van der Waals surface area contributed by atoms with Gasteiger partial charge in [-0.2, -0.15) is 0 Å². The molecule has 0 aliphatic heterocycles. The molecule has 0 aromatic carbocycles. The van der Waals surface area contributed by atoms with Gasteiger partial charge in [0.1, 0.15) is 0 Å². The summed E-state index contributed by atoms with van der Waals surface area (Å²) >= 11 is 0. The van der Waals surface area contributed by atoms with Crippen LogP contribution in [0.15, 0.2) is 11.8 Å². The third-order valence-corrected chi connectivity index (χ3v) is 5.53. The number of hydrogen-bond acceptors (Lipinski definition) is 2. The van der Waals surface area contributed by atoms with E-state index >= 15 is 0 Å². The Morgan fingerprint density at radius 3 is 1.75 bits per heavy atom. The summed E-state index contributed by atoms with van der Waals surface area (Å²) in [5.41, 5.74) is 2.37. The summed E-state index contributed by atoms with van der Waals surface area (Å²) in [5, 5.41) is 0. The maximum atomic E-state index is 2.46. The lowest BCUT2D eigenvalue weighted by atomic mass is 10.8. The fraction of sp³-hybridized carbons (Fsp3) is 0.778. The van der Waals surface area contributed by atoms with E-state index in [2.05, 4.69) is 55.8 Å². The summed E-state index contributed by atoms with van der Waals surface area (Å²) in [6.45, 7) is 8.82. The van der Waals surface area contributed by atoms with Crippen molar-refractivity contribution in [3.8, 4) is 0 Å². The molecule has 0 amide bonds. The SMILES string of the molecule is CC=C[SiH](N(C)CC)N(C)CC. The van der Waals surface area contributed by atoms with Gasteiger partial charge >= 0.3 is 0 Å². The fourth-order valence-corrected chi connectivity index (χ4v) is 3.53. The van der Waals surface area contributed by atoms with Gasteiger partial charge in [-0.3, -0.25) is 0 Å². The minimum atomic E-state index is -0.936. The van der Waals surface area contributed by atoms with Gasteiger partial charge in [0.25, 0.3) is 0 Å². The summed E-state index contributed by atoms with van der Waals surface area (Å²) in [6.07, 6.45) is 2.18. The standard InChI is InChI=1S/C9H22N2Si/c1-6-9-12(10(4)7-2)11(5)8-3/h6,9,12H,7-8H2,1-5H3. The van der Waals surface area contributed by atoms with Gasteiger partial charge in [0.2, 0.25) is 9.12 Å². The molecule has 0 fully saturated rings. The lowest BCUT2D eigenvalue weighted by Gasteiger charge is -2.30. The normalized spacial score (nSPS) is 12.7. The first kappa shape index (κ1) is 11.9. The second-order valence-electron chi connectivity index (χ2n) is 3.09. The molecule has 0 heterocycles. The zero-order valence-corrected chi connectivity index (χ0v) is 10.2. The van der Waals surface area contributed by atoms with E-state index in [-0.39, 0.29) is 0 Å².